The number of ether oxygens (including phenoxy) is 2. The number of halogens is 1. The average molecular weight is 368 g/mol. The van der Waals surface area contributed by atoms with Gasteiger partial charge in [0.2, 0.25) is 0 Å². The number of rotatable bonds is 7. The predicted molar refractivity (Wildman–Crippen MR) is 81.2 cm³/mol. The van der Waals surface area contributed by atoms with Crippen molar-refractivity contribution in [1.29, 1.82) is 0 Å². The number of amides is 1. The van der Waals surface area contributed by atoms with E-state index in [0.717, 1.165) is 4.47 Å². The fourth-order valence-corrected chi connectivity index (χ4v) is 1.78. The number of hydrogen-bond donors (Lipinski definition) is 1. The maximum absolute atomic E-state index is 11.5. The second-order valence-corrected chi connectivity index (χ2v) is 5.18. The number of esters is 1. The lowest BCUT2D eigenvalue weighted by molar-refractivity contribution is -0.150. The third-order valence-corrected chi connectivity index (χ3v) is 3.10. The Labute approximate surface area is 135 Å². The van der Waals surface area contributed by atoms with Crippen LogP contribution in [0.5, 0.6) is 5.75 Å². The lowest BCUT2D eigenvalue weighted by Gasteiger charge is -2.07. The molecule has 2 aromatic rings. The van der Waals surface area contributed by atoms with E-state index in [0.29, 0.717) is 11.5 Å². The van der Waals surface area contributed by atoms with Crippen LogP contribution < -0.4 is 10.1 Å². The Balaban J connectivity index is 1.62. The van der Waals surface area contributed by atoms with Gasteiger partial charge in [0.25, 0.3) is 5.91 Å². The van der Waals surface area contributed by atoms with Gasteiger partial charge in [0.1, 0.15) is 11.5 Å². The molecule has 0 bridgehead atoms. The standard InChI is InChI=1S/C15H14BrNO5/c16-11-3-5-12(6-4-11)21-10-15(19)22-9-14(18)17-8-13-2-1-7-20-13/h1-7H,8-10H2,(H,17,18). The van der Waals surface area contributed by atoms with Gasteiger partial charge in [-0.1, -0.05) is 15.9 Å². The largest absolute Gasteiger partial charge is 0.482 e. The summed E-state index contributed by atoms with van der Waals surface area (Å²) in [5.41, 5.74) is 0. The Hall–Kier alpha value is -2.28. The summed E-state index contributed by atoms with van der Waals surface area (Å²) in [5, 5.41) is 2.56. The van der Waals surface area contributed by atoms with Crippen molar-refractivity contribution in [2.75, 3.05) is 13.2 Å². The van der Waals surface area contributed by atoms with Gasteiger partial charge in [-0.05, 0) is 36.4 Å². The number of nitrogens with one attached hydrogen (secondary N) is 1. The van der Waals surface area contributed by atoms with Crippen molar-refractivity contribution in [3.63, 3.8) is 0 Å². The van der Waals surface area contributed by atoms with Gasteiger partial charge >= 0.3 is 5.97 Å². The predicted octanol–water partition coefficient (Wildman–Crippen LogP) is 2.28. The highest BCUT2D eigenvalue weighted by Crippen LogP contribution is 2.15. The van der Waals surface area contributed by atoms with Gasteiger partial charge in [-0.3, -0.25) is 4.79 Å². The van der Waals surface area contributed by atoms with E-state index in [1.807, 2.05) is 0 Å². The van der Waals surface area contributed by atoms with Crippen molar-refractivity contribution in [1.82, 2.24) is 5.32 Å². The molecule has 0 aliphatic rings. The number of benzene rings is 1. The van der Waals surface area contributed by atoms with E-state index in [2.05, 4.69) is 21.2 Å². The van der Waals surface area contributed by atoms with E-state index in [1.54, 1.807) is 36.4 Å². The monoisotopic (exact) mass is 367 g/mol. The van der Waals surface area contributed by atoms with Crippen LogP contribution in [0.15, 0.2) is 51.6 Å². The molecule has 0 saturated carbocycles. The molecule has 1 amide bonds. The van der Waals surface area contributed by atoms with Gasteiger partial charge in [0.05, 0.1) is 12.8 Å². The summed E-state index contributed by atoms with van der Waals surface area (Å²) in [7, 11) is 0. The number of hydrogen-bond acceptors (Lipinski definition) is 5. The molecule has 22 heavy (non-hydrogen) atoms. The Morgan fingerprint density at radius 1 is 1.14 bits per heavy atom. The van der Waals surface area contributed by atoms with E-state index < -0.39 is 11.9 Å². The molecule has 6 nitrogen and oxygen atoms in total. The summed E-state index contributed by atoms with van der Waals surface area (Å²) < 4.78 is 16.0. The van der Waals surface area contributed by atoms with Crippen molar-refractivity contribution < 1.29 is 23.5 Å². The van der Waals surface area contributed by atoms with Crippen molar-refractivity contribution in [3.05, 3.63) is 52.9 Å². The first-order chi connectivity index (χ1) is 10.6. The summed E-state index contributed by atoms with van der Waals surface area (Å²) in [6.07, 6.45) is 1.51. The Morgan fingerprint density at radius 3 is 2.59 bits per heavy atom. The van der Waals surface area contributed by atoms with Gasteiger partial charge in [-0.2, -0.15) is 0 Å². The molecule has 0 unspecified atom stereocenters. The van der Waals surface area contributed by atoms with Crippen LogP contribution in [0, 0.1) is 0 Å². The van der Waals surface area contributed by atoms with Crippen molar-refractivity contribution in [2.45, 2.75) is 6.54 Å². The smallest absolute Gasteiger partial charge is 0.344 e. The number of carbonyl (C=O) groups is 2. The minimum atomic E-state index is -0.615. The molecule has 116 valence electrons. The molecule has 0 radical (unpaired) electrons. The Kier molecular flexibility index (Phi) is 6.02. The van der Waals surface area contributed by atoms with Crippen LogP contribution in [-0.4, -0.2) is 25.1 Å². The normalized spacial score (nSPS) is 10.0. The fraction of sp³-hybridized carbons (Fsp3) is 0.200. The molecule has 1 N–H and O–H groups in total. The van der Waals surface area contributed by atoms with Crippen LogP contribution >= 0.6 is 15.9 Å². The lowest BCUT2D eigenvalue weighted by atomic mass is 10.3. The number of furan rings is 1. The second kappa shape index (κ2) is 8.23. The van der Waals surface area contributed by atoms with Gasteiger partial charge < -0.3 is 19.2 Å². The molecule has 0 atom stereocenters. The fourth-order valence-electron chi connectivity index (χ4n) is 1.51. The highest BCUT2D eigenvalue weighted by Gasteiger charge is 2.09. The van der Waals surface area contributed by atoms with Crippen molar-refractivity contribution in [3.8, 4) is 5.75 Å². The molecule has 2 rings (SSSR count). The van der Waals surface area contributed by atoms with Crippen LogP contribution in [0.25, 0.3) is 0 Å². The molecular weight excluding hydrogens is 354 g/mol. The summed E-state index contributed by atoms with van der Waals surface area (Å²) in [5.74, 6) is 0.144. The summed E-state index contributed by atoms with van der Waals surface area (Å²) in [6.45, 7) is -0.366. The topological polar surface area (TPSA) is 77.8 Å². The minimum Gasteiger partial charge on any atom is -0.482 e. The van der Waals surface area contributed by atoms with E-state index in [9.17, 15) is 9.59 Å². The van der Waals surface area contributed by atoms with Gasteiger partial charge in [0.15, 0.2) is 13.2 Å². The van der Waals surface area contributed by atoms with Gasteiger partial charge in [-0.25, -0.2) is 4.79 Å². The summed E-state index contributed by atoms with van der Waals surface area (Å²) in [4.78, 5) is 22.9. The maximum atomic E-state index is 11.5. The molecule has 1 heterocycles. The average Bonchev–Trinajstić information content (AvgIpc) is 3.04. The zero-order chi connectivity index (χ0) is 15.8. The summed E-state index contributed by atoms with van der Waals surface area (Å²) in [6, 6.07) is 10.5. The van der Waals surface area contributed by atoms with E-state index in [4.69, 9.17) is 13.9 Å². The quantitative estimate of drug-likeness (QED) is 0.759. The van der Waals surface area contributed by atoms with E-state index in [-0.39, 0.29) is 19.8 Å². The molecule has 1 aromatic carbocycles. The van der Waals surface area contributed by atoms with Crippen LogP contribution in [0.2, 0.25) is 0 Å². The molecule has 0 fully saturated rings. The van der Waals surface area contributed by atoms with Crippen LogP contribution in [0.4, 0.5) is 0 Å². The van der Waals surface area contributed by atoms with Crippen molar-refractivity contribution in [2.24, 2.45) is 0 Å². The van der Waals surface area contributed by atoms with Gasteiger partial charge in [-0.15, -0.1) is 0 Å². The minimum absolute atomic E-state index is 0.249. The Bertz CT molecular complexity index is 609. The maximum Gasteiger partial charge on any atom is 0.344 e. The lowest BCUT2D eigenvalue weighted by Crippen LogP contribution is -2.29. The number of carbonyl (C=O) groups excluding carboxylic acids is 2. The SMILES string of the molecule is O=C(COC(=O)COc1ccc(Br)cc1)NCc1ccco1. The molecule has 0 spiro atoms. The third kappa shape index (κ3) is 5.61. The zero-order valence-corrected chi connectivity index (χ0v) is 13.2. The molecule has 0 aliphatic carbocycles. The molecule has 0 aliphatic heterocycles. The van der Waals surface area contributed by atoms with Gasteiger partial charge in [0, 0.05) is 4.47 Å². The van der Waals surface area contributed by atoms with Crippen LogP contribution in [0.1, 0.15) is 5.76 Å². The molecule has 1 aromatic heterocycles. The second-order valence-electron chi connectivity index (χ2n) is 4.26. The highest BCUT2D eigenvalue weighted by atomic mass is 79.9. The Morgan fingerprint density at radius 2 is 1.91 bits per heavy atom. The van der Waals surface area contributed by atoms with Crippen LogP contribution in [0.3, 0.4) is 0 Å². The van der Waals surface area contributed by atoms with Crippen LogP contribution in [-0.2, 0) is 20.9 Å². The first-order valence-corrected chi connectivity index (χ1v) is 7.26. The highest BCUT2D eigenvalue weighted by molar-refractivity contribution is 9.10. The first-order valence-electron chi connectivity index (χ1n) is 6.46. The first kappa shape index (κ1) is 16.1. The molecular formula is C15H14BrNO5. The zero-order valence-electron chi connectivity index (χ0n) is 11.6. The van der Waals surface area contributed by atoms with E-state index >= 15 is 0 Å². The molecule has 7 heteroatoms. The summed E-state index contributed by atoms with van der Waals surface area (Å²) >= 11 is 3.30. The van der Waals surface area contributed by atoms with Crippen molar-refractivity contribution >= 4 is 27.8 Å². The third-order valence-electron chi connectivity index (χ3n) is 2.57. The molecule has 0 saturated heterocycles. The van der Waals surface area contributed by atoms with E-state index in [1.165, 1.54) is 6.26 Å².